The highest BCUT2D eigenvalue weighted by Crippen LogP contribution is 2.00. The second-order valence-corrected chi connectivity index (χ2v) is 5.73. The van der Waals surface area contributed by atoms with Crippen LogP contribution < -0.4 is 16.0 Å². The Balaban J connectivity index is 2.40. The van der Waals surface area contributed by atoms with Crippen molar-refractivity contribution in [1.29, 1.82) is 0 Å². The molecule has 142 valence electrons. The van der Waals surface area contributed by atoms with Crippen molar-refractivity contribution < 1.29 is 29.0 Å². The standard InChI is InChI=1S/C17H23N3O6/c1-10(14(21)19-12(3)16(23)24)18-15(22)11(2)20-17(25)26-9-13-7-5-4-6-8-13/h4-8,10-12H,9H2,1-3H3,(H,18,22)(H,19,21)(H,20,25)(H,23,24)/t10-,11-,12+/m0/s1. The van der Waals surface area contributed by atoms with E-state index in [-0.39, 0.29) is 6.61 Å². The highest BCUT2D eigenvalue weighted by atomic mass is 16.5. The van der Waals surface area contributed by atoms with Crippen LogP contribution in [0.3, 0.4) is 0 Å². The lowest BCUT2D eigenvalue weighted by atomic mass is 10.2. The van der Waals surface area contributed by atoms with Crippen molar-refractivity contribution in [2.24, 2.45) is 0 Å². The number of carbonyl (C=O) groups excluding carboxylic acids is 3. The van der Waals surface area contributed by atoms with E-state index in [1.54, 1.807) is 12.1 Å². The Bertz CT molecular complexity index is 649. The predicted octanol–water partition coefficient (Wildman–Crippen LogP) is 0.395. The summed E-state index contributed by atoms with van der Waals surface area (Å²) in [5.41, 5.74) is 0.803. The number of amides is 3. The monoisotopic (exact) mass is 365 g/mol. The van der Waals surface area contributed by atoms with Gasteiger partial charge >= 0.3 is 12.1 Å². The SMILES string of the molecule is C[C@H](NC(=O)OCc1ccccc1)C(=O)N[C@@H](C)C(=O)N[C@H](C)C(=O)O. The first kappa shape index (κ1) is 20.9. The van der Waals surface area contributed by atoms with E-state index < -0.39 is 42.0 Å². The molecule has 0 aromatic heterocycles. The van der Waals surface area contributed by atoms with Gasteiger partial charge in [0.15, 0.2) is 0 Å². The maximum absolute atomic E-state index is 12.0. The number of carboxylic acids is 1. The van der Waals surface area contributed by atoms with Gasteiger partial charge in [-0.15, -0.1) is 0 Å². The summed E-state index contributed by atoms with van der Waals surface area (Å²) in [6.45, 7) is 4.21. The molecule has 9 heteroatoms. The quantitative estimate of drug-likeness (QED) is 0.527. The molecule has 0 saturated carbocycles. The van der Waals surface area contributed by atoms with Gasteiger partial charge in [0.25, 0.3) is 0 Å². The number of hydrogen-bond donors (Lipinski definition) is 4. The van der Waals surface area contributed by atoms with E-state index in [0.717, 1.165) is 5.56 Å². The van der Waals surface area contributed by atoms with Crippen molar-refractivity contribution in [3.8, 4) is 0 Å². The van der Waals surface area contributed by atoms with Crippen LogP contribution in [0, 0.1) is 0 Å². The summed E-state index contributed by atoms with van der Waals surface area (Å²) in [5.74, 6) is -2.44. The number of carboxylic acid groups (broad SMARTS) is 1. The highest BCUT2D eigenvalue weighted by molar-refractivity contribution is 5.92. The van der Waals surface area contributed by atoms with E-state index in [0.29, 0.717) is 0 Å². The topological polar surface area (TPSA) is 134 Å². The van der Waals surface area contributed by atoms with E-state index in [1.165, 1.54) is 20.8 Å². The van der Waals surface area contributed by atoms with Gasteiger partial charge in [-0.1, -0.05) is 30.3 Å². The molecule has 0 spiro atoms. The fourth-order valence-electron chi connectivity index (χ4n) is 1.81. The third-order valence-electron chi connectivity index (χ3n) is 3.42. The molecule has 0 radical (unpaired) electrons. The summed E-state index contributed by atoms with van der Waals surface area (Å²) in [6, 6.07) is 6.06. The Morgan fingerprint density at radius 1 is 0.885 bits per heavy atom. The van der Waals surface area contributed by atoms with Crippen molar-refractivity contribution in [3.63, 3.8) is 0 Å². The van der Waals surface area contributed by atoms with Crippen LogP contribution in [-0.2, 0) is 25.7 Å². The molecule has 3 atom stereocenters. The lowest BCUT2D eigenvalue weighted by Gasteiger charge is -2.19. The lowest BCUT2D eigenvalue weighted by molar-refractivity contribution is -0.141. The zero-order valence-corrected chi connectivity index (χ0v) is 14.8. The molecule has 0 fully saturated rings. The van der Waals surface area contributed by atoms with Crippen LogP contribution in [0.15, 0.2) is 30.3 Å². The Morgan fingerprint density at radius 2 is 1.38 bits per heavy atom. The maximum atomic E-state index is 12.0. The first-order valence-corrected chi connectivity index (χ1v) is 8.01. The van der Waals surface area contributed by atoms with Crippen molar-refractivity contribution in [2.75, 3.05) is 0 Å². The molecule has 9 nitrogen and oxygen atoms in total. The van der Waals surface area contributed by atoms with Crippen LogP contribution in [-0.4, -0.2) is 47.1 Å². The molecule has 0 heterocycles. The van der Waals surface area contributed by atoms with Gasteiger partial charge in [-0.2, -0.15) is 0 Å². The predicted molar refractivity (Wildman–Crippen MR) is 92.1 cm³/mol. The van der Waals surface area contributed by atoms with Crippen LogP contribution in [0.25, 0.3) is 0 Å². The van der Waals surface area contributed by atoms with Crippen LogP contribution in [0.2, 0.25) is 0 Å². The fourth-order valence-corrected chi connectivity index (χ4v) is 1.81. The molecule has 0 aliphatic rings. The second-order valence-electron chi connectivity index (χ2n) is 5.73. The van der Waals surface area contributed by atoms with E-state index in [2.05, 4.69) is 16.0 Å². The third-order valence-corrected chi connectivity index (χ3v) is 3.42. The van der Waals surface area contributed by atoms with Gasteiger partial charge in [0.1, 0.15) is 24.7 Å². The van der Waals surface area contributed by atoms with Gasteiger partial charge in [0, 0.05) is 0 Å². The summed E-state index contributed by atoms with van der Waals surface area (Å²) in [5, 5.41) is 15.7. The maximum Gasteiger partial charge on any atom is 0.408 e. The fraction of sp³-hybridized carbons (Fsp3) is 0.412. The van der Waals surface area contributed by atoms with Gasteiger partial charge in [-0.25, -0.2) is 4.79 Å². The number of alkyl carbamates (subject to hydrolysis) is 1. The van der Waals surface area contributed by atoms with Crippen molar-refractivity contribution in [1.82, 2.24) is 16.0 Å². The normalized spacial score (nSPS) is 13.7. The molecule has 0 unspecified atom stereocenters. The van der Waals surface area contributed by atoms with E-state index in [4.69, 9.17) is 9.84 Å². The van der Waals surface area contributed by atoms with Gasteiger partial charge < -0.3 is 25.8 Å². The zero-order chi connectivity index (χ0) is 19.7. The van der Waals surface area contributed by atoms with E-state index >= 15 is 0 Å². The molecular weight excluding hydrogens is 342 g/mol. The average molecular weight is 365 g/mol. The molecule has 0 bridgehead atoms. The molecule has 0 saturated heterocycles. The average Bonchev–Trinajstić information content (AvgIpc) is 2.60. The molecule has 0 aliphatic heterocycles. The van der Waals surface area contributed by atoms with Crippen molar-refractivity contribution in [2.45, 2.75) is 45.5 Å². The van der Waals surface area contributed by atoms with Crippen LogP contribution in [0.1, 0.15) is 26.3 Å². The lowest BCUT2D eigenvalue weighted by Crippen LogP contribution is -2.53. The zero-order valence-electron chi connectivity index (χ0n) is 14.8. The summed E-state index contributed by atoms with van der Waals surface area (Å²) in [6.07, 6.45) is -0.770. The number of nitrogens with one attached hydrogen (secondary N) is 3. The van der Waals surface area contributed by atoms with Gasteiger partial charge in [0.2, 0.25) is 11.8 Å². The molecule has 3 amide bonds. The number of aliphatic carboxylic acids is 1. The Hall–Kier alpha value is -3.10. The number of carbonyl (C=O) groups is 4. The third kappa shape index (κ3) is 7.20. The summed E-state index contributed by atoms with van der Waals surface area (Å²) < 4.78 is 5.01. The Labute approximate surface area is 151 Å². The number of benzene rings is 1. The smallest absolute Gasteiger partial charge is 0.408 e. The highest BCUT2D eigenvalue weighted by Gasteiger charge is 2.23. The summed E-state index contributed by atoms with van der Waals surface area (Å²) >= 11 is 0. The number of hydrogen-bond acceptors (Lipinski definition) is 5. The first-order valence-electron chi connectivity index (χ1n) is 8.01. The summed E-state index contributed by atoms with van der Waals surface area (Å²) in [4.78, 5) is 46.2. The molecule has 4 N–H and O–H groups in total. The largest absolute Gasteiger partial charge is 0.480 e. The van der Waals surface area contributed by atoms with Gasteiger partial charge in [0.05, 0.1) is 0 Å². The molecule has 1 rings (SSSR count). The minimum atomic E-state index is -1.19. The minimum Gasteiger partial charge on any atom is -0.480 e. The van der Waals surface area contributed by atoms with Gasteiger partial charge in [-0.05, 0) is 26.3 Å². The summed E-state index contributed by atoms with van der Waals surface area (Å²) in [7, 11) is 0. The molecule has 1 aromatic rings. The number of rotatable bonds is 8. The van der Waals surface area contributed by atoms with Crippen LogP contribution in [0.5, 0.6) is 0 Å². The van der Waals surface area contributed by atoms with Crippen LogP contribution >= 0.6 is 0 Å². The van der Waals surface area contributed by atoms with Gasteiger partial charge in [-0.3, -0.25) is 14.4 Å². The molecule has 1 aromatic carbocycles. The van der Waals surface area contributed by atoms with E-state index in [1.807, 2.05) is 18.2 Å². The Morgan fingerprint density at radius 3 is 1.92 bits per heavy atom. The number of ether oxygens (including phenoxy) is 1. The first-order chi connectivity index (χ1) is 12.2. The van der Waals surface area contributed by atoms with Crippen LogP contribution in [0.4, 0.5) is 4.79 Å². The Kier molecular flexibility index (Phi) is 8.07. The molecular formula is C17H23N3O6. The molecule has 0 aliphatic carbocycles. The van der Waals surface area contributed by atoms with E-state index in [9.17, 15) is 19.2 Å². The van der Waals surface area contributed by atoms with Crippen molar-refractivity contribution >= 4 is 23.9 Å². The minimum absolute atomic E-state index is 0.0624. The molecule has 26 heavy (non-hydrogen) atoms. The second kappa shape index (κ2) is 10.0. The van der Waals surface area contributed by atoms with Crippen molar-refractivity contribution in [3.05, 3.63) is 35.9 Å².